The molecule has 1 aromatic heterocycles. The molecule has 5 nitrogen and oxygen atoms in total. The monoisotopic (exact) mass is 349 g/mol. The maximum absolute atomic E-state index is 11.5. The number of amides is 1. The third-order valence-corrected chi connectivity index (χ3v) is 5.35. The van der Waals surface area contributed by atoms with Gasteiger partial charge in [0.15, 0.2) is 0 Å². The molecular formula is C21H23N3O2. The molecule has 0 saturated heterocycles. The van der Waals surface area contributed by atoms with E-state index in [1.807, 2.05) is 12.1 Å². The molecule has 1 aliphatic rings. The van der Waals surface area contributed by atoms with Crippen molar-refractivity contribution >= 4 is 16.8 Å². The van der Waals surface area contributed by atoms with Crippen LogP contribution >= 0.6 is 0 Å². The van der Waals surface area contributed by atoms with Crippen LogP contribution in [0, 0.1) is 0 Å². The number of nitrogens with one attached hydrogen (secondary N) is 1. The molecule has 5 heteroatoms. The molecule has 1 aliphatic heterocycles. The van der Waals surface area contributed by atoms with Crippen LogP contribution in [0.5, 0.6) is 0 Å². The van der Waals surface area contributed by atoms with E-state index in [-0.39, 0.29) is 0 Å². The molecule has 2 aromatic carbocycles. The lowest BCUT2D eigenvalue weighted by atomic mass is 10.0. The van der Waals surface area contributed by atoms with Crippen molar-refractivity contribution in [3.8, 4) is 0 Å². The third-order valence-electron chi connectivity index (χ3n) is 5.35. The maximum Gasteiger partial charge on any atom is 0.274 e. The zero-order valence-electron chi connectivity index (χ0n) is 14.9. The van der Waals surface area contributed by atoms with E-state index >= 15 is 0 Å². The van der Waals surface area contributed by atoms with Crippen LogP contribution in [0.2, 0.25) is 0 Å². The highest BCUT2D eigenvalue weighted by atomic mass is 16.5. The second kappa shape index (κ2) is 6.94. The average Bonchev–Trinajstić information content (AvgIpc) is 3.01. The van der Waals surface area contributed by atoms with E-state index in [0.29, 0.717) is 5.56 Å². The molecule has 134 valence electrons. The fourth-order valence-corrected chi connectivity index (χ4v) is 3.91. The van der Waals surface area contributed by atoms with Crippen molar-refractivity contribution in [2.24, 2.45) is 0 Å². The van der Waals surface area contributed by atoms with Crippen molar-refractivity contribution in [1.29, 1.82) is 0 Å². The number of aromatic nitrogens is 1. The highest BCUT2D eigenvalue weighted by molar-refractivity contribution is 5.93. The summed E-state index contributed by atoms with van der Waals surface area (Å²) in [5, 5.41) is 10.1. The SMILES string of the molecule is CCN1CCc2c(n(Cc3ccc(C(=O)NO)cc3)c3ccccc23)C1. The second-order valence-corrected chi connectivity index (χ2v) is 6.79. The molecule has 4 rings (SSSR count). The first-order valence-electron chi connectivity index (χ1n) is 9.06. The molecule has 0 saturated carbocycles. The van der Waals surface area contributed by atoms with Gasteiger partial charge in [-0.25, -0.2) is 5.48 Å². The minimum absolute atomic E-state index is 0.452. The van der Waals surface area contributed by atoms with Gasteiger partial charge < -0.3 is 4.57 Å². The fourth-order valence-electron chi connectivity index (χ4n) is 3.91. The molecule has 26 heavy (non-hydrogen) atoms. The van der Waals surface area contributed by atoms with E-state index in [4.69, 9.17) is 5.21 Å². The molecule has 2 N–H and O–H groups in total. The molecule has 1 amide bonds. The maximum atomic E-state index is 11.5. The Bertz CT molecular complexity index is 944. The zero-order valence-corrected chi connectivity index (χ0v) is 14.9. The lowest BCUT2D eigenvalue weighted by Crippen LogP contribution is -2.31. The number of hydrogen-bond acceptors (Lipinski definition) is 3. The number of carbonyl (C=O) groups excluding carboxylic acids is 1. The van der Waals surface area contributed by atoms with Crippen molar-refractivity contribution in [2.75, 3.05) is 13.1 Å². The molecule has 3 aromatic rings. The highest BCUT2D eigenvalue weighted by Crippen LogP contribution is 2.31. The van der Waals surface area contributed by atoms with Crippen LogP contribution in [0.4, 0.5) is 0 Å². The average molecular weight is 349 g/mol. The fraction of sp³-hybridized carbons (Fsp3) is 0.286. The Balaban J connectivity index is 1.73. The number of fused-ring (bicyclic) bond motifs is 3. The van der Waals surface area contributed by atoms with E-state index in [9.17, 15) is 4.79 Å². The van der Waals surface area contributed by atoms with Crippen LogP contribution < -0.4 is 5.48 Å². The topological polar surface area (TPSA) is 57.5 Å². The molecular weight excluding hydrogens is 326 g/mol. The van der Waals surface area contributed by atoms with Gasteiger partial charge in [0.1, 0.15) is 0 Å². The molecule has 0 spiro atoms. The number of carbonyl (C=O) groups is 1. The highest BCUT2D eigenvalue weighted by Gasteiger charge is 2.23. The Morgan fingerprint density at radius 3 is 2.65 bits per heavy atom. The van der Waals surface area contributed by atoms with E-state index in [0.717, 1.165) is 38.2 Å². The number of likely N-dealkylation sites (N-methyl/N-ethyl adjacent to an activating group) is 1. The van der Waals surface area contributed by atoms with Crippen LogP contribution in [0.3, 0.4) is 0 Å². The van der Waals surface area contributed by atoms with Crippen LogP contribution in [0.15, 0.2) is 48.5 Å². The number of nitrogens with zero attached hydrogens (tertiary/aromatic N) is 2. The molecule has 0 bridgehead atoms. The minimum Gasteiger partial charge on any atom is -0.339 e. The first-order chi connectivity index (χ1) is 12.7. The number of para-hydroxylation sites is 1. The third kappa shape index (κ3) is 2.89. The van der Waals surface area contributed by atoms with Crippen molar-refractivity contribution in [1.82, 2.24) is 14.9 Å². The Morgan fingerprint density at radius 2 is 1.92 bits per heavy atom. The molecule has 0 radical (unpaired) electrons. The molecule has 0 atom stereocenters. The Kier molecular flexibility index (Phi) is 4.49. The van der Waals surface area contributed by atoms with Crippen molar-refractivity contribution in [3.05, 3.63) is 70.9 Å². The smallest absolute Gasteiger partial charge is 0.274 e. The molecule has 0 fully saturated rings. The summed E-state index contributed by atoms with van der Waals surface area (Å²) in [5.41, 5.74) is 7.40. The van der Waals surface area contributed by atoms with Gasteiger partial charge in [0, 0.05) is 41.8 Å². The van der Waals surface area contributed by atoms with Gasteiger partial charge in [0.05, 0.1) is 0 Å². The lowest BCUT2D eigenvalue weighted by molar-refractivity contribution is 0.0706. The van der Waals surface area contributed by atoms with Gasteiger partial charge in [-0.3, -0.25) is 14.9 Å². The van der Waals surface area contributed by atoms with E-state index < -0.39 is 5.91 Å². The summed E-state index contributed by atoms with van der Waals surface area (Å²) in [6, 6.07) is 16.0. The number of hydrogen-bond donors (Lipinski definition) is 2. The van der Waals surface area contributed by atoms with Gasteiger partial charge in [-0.15, -0.1) is 0 Å². The van der Waals surface area contributed by atoms with Crippen LogP contribution in [-0.4, -0.2) is 33.7 Å². The summed E-state index contributed by atoms with van der Waals surface area (Å²) in [7, 11) is 0. The summed E-state index contributed by atoms with van der Waals surface area (Å²) in [4.78, 5) is 14.0. The largest absolute Gasteiger partial charge is 0.339 e. The molecule has 0 aliphatic carbocycles. The quantitative estimate of drug-likeness (QED) is 0.562. The van der Waals surface area contributed by atoms with Crippen molar-refractivity contribution < 1.29 is 10.0 Å². The van der Waals surface area contributed by atoms with Gasteiger partial charge in [0.25, 0.3) is 5.91 Å². The van der Waals surface area contributed by atoms with Gasteiger partial charge in [-0.05, 0) is 42.3 Å². The van der Waals surface area contributed by atoms with E-state index in [1.54, 1.807) is 17.6 Å². The first kappa shape index (κ1) is 16.8. The zero-order chi connectivity index (χ0) is 18.1. The summed E-state index contributed by atoms with van der Waals surface area (Å²) < 4.78 is 2.41. The standard InChI is InChI=1S/C21H23N3O2/c1-2-23-12-11-18-17-5-3-4-6-19(17)24(20(18)14-23)13-15-7-9-16(10-8-15)21(25)22-26/h3-10,26H,2,11-14H2,1H3,(H,22,25). The van der Waals surface area contributed by atoms with Gasteiger partial charge >= 0.3 is 0 Å². The number of rotatable bonds is 4. The normalized spacial score (nSPS) is 14.4. The van der Waals surface area contributed by atoms with Crippen LogP contribution in [0.25, 0.3) is 10.9 Å². The molecule has 0 unspecified atom stereocenters. The predicted octanol–water partition coefficient (Wildman–Crippen LogP) is 3.19. The van der Waals surface area contributed by atoms with Crippen LogP contribution in [-0.2, 0) is 19.5 Å². The summed E-state index contributed by atoms with van der Waals surface area (Å²) in [6.07, 6.45) is 1.09. The van der Waals surface area contributed by atoms with Gasteiger partial charge in [0.2, 0.25) is 0 Å². The number of hydroxylamine groups is 1. The molecule has 2 heterocycles. The summed E-state index contributed by atoms with van der Waals surface area (Å²) >= 11 is 0. The Morgan fingerprint density at radius 1 is 1.15 bits per heavy atom. The van der Waals surface area contributed by atoms with E-state index in [1.165, 1.54) is 22.2 Å². The van der Waals surface area contributed by atoms with Crippen molar-refractivity contribution in [3.63, 3.8) is 0 Å². The summed E-state index contributed by atoms with van der Waals surface area (Å²) in [6.45, 7) is 6.14. The van der Waals surface area contributed by atoms with E-state index in [2.05, 4.69) is 40.7 Å². The predicted molar refractivity (Wildman–Crippen MR) is 101 cm³/mol. The van der Waals surface area contributed by atoms with Crippen molar-refractivity contribution in [2.45, 2.75) is 26.4 Å². The minimum atomic E-state index is -0.487. The Hall–Kier alpha value is -2.63. The second-order valence-electron chi connectivity index (χ2n) is 6.79. The lowest BCUT2D eigenvalue weighted by Gasteiger charge is -2.27. The first-order valence-corrected chi connectivity index (χ1v) is 9.06. The van der Waals surface area contributed by atoms with Gasteiger partial charge in [-0.2, -0.15) is 0 Å². The summed E-state index contributed by atoms with van der Waals surface area (Å²) in [5.74, 6) is -0.487. The Labute approximate surface area is 152 Å². The number of benzene rings is 2. The van der Waals surface area contributed by atoms with Gasteiger partial charge in [-0.1, -0.05) is 37.3 Å². The van der Waals surface area contributed by atoms with Crippen LogP contribution in [0.1, 0.15) is 34.1 Å².